The summed E-state index contributed by atoms with van der Waals surface area (Å²) in [5.41, 5.74) is 7.37. The van der Waals surface area contributed by atoms with Crippen molar-refractivity contribution >= 4 is 17.5 Å². The summed E-state index contributed by atoms with van der Waals surface area (Å²) in [6.45, 7) is 0. The number of anilines is 1. The van der Waals surface area contributed by atoms with Crippen LogP contribution < -0.4 is 11.1 Å². The normalized spacial score (nSPS) is 15.1. The topological polar surface area (TPSA) is 72.2 Å². The molecule has 0 heterocycles. The predicted molar refractivity (Wildman–Crippen MR) is 85.5 cm³/mol. The summed E-state index contributed by atoms with van der Waals surface area (Å²) in [7, 11) is 0. The highest BCUT2D eigenvalue weighted by Gasteiger charge is 2.37. The molecule has 0 saturated heterocycles. The zero-order valence-corrected chi connectivity index (χ0v) is 12.2. The standard InChI is InChI=1S/C18H18N2O2/c19-17(21)14-8-10-15(11-9-14)20-18(22)16(13-6-7-13)12-4-2-1-3-5-12/h1-5,8-11,13,16H,6-7H2,(H2,19,21)(H,20,22). The molecule has 3 rings (SSSR count). The van der Waals surface area contributed by atoms with Crippen molar-refractivity contribution in [2.45, 2.75) is 18.8 Å². The lowest BCUT2D eigenvalue weighted by Gasteiger charge is -2.16. The smallest absolute Gasteiger partial charge is 0.248 e. The van der Waals surface area contributed by atoms with Crippen LogP contribution in [0.3, 0.4) is 0 Å². The minimum absolute atomic E-state index is 0.000486. The van der Waals surface area contributed by atoms with Crippen LogP contribution >= 0.6 is 0 Å². The van der Waals surface area contributed by atoms with Crippen molar-refractivity contribution in [3.8, 4) is 0 Å². The second kappa shape index (κ2) is 6.02. The maximum atomic E-state index is 12.6. The Morgan fingerprint density at radius 1 is 1.00 bits per heavy atom. The Kier molecular flexibility index (Phi) is 3.92. The van der Waals surface area contributed by atoms with E-state index < -0.39 is 5.91 Å². The second-order valence-electron chi connectivity index (χ2n) is 5.66. The van der Waals surface area contributed by atoms with Gasteiger partial charge in [0.1, 0.15) is 0 Å². The molecular weight excluding hydrogens is 276 g/mol. The number of rotatable bonds is 5. The van der Waals surface area contributed by atoms with Crippen molar-refractivity contribution in [1.29, 1.82) is 0 Å². The van der Waals surface area contributed by atoms with Gasteiger partial charge in [-0.2, -0.15) is 0 Å². The third-order valence-electron chi connectivity index (χ3n) is 3.97. The quantitative estimate of drug-likeness (QED) is 0.890. The molecule has 1 unspecified atom stereocenters. The van der Waals surface area contributed by atoms with Crippen LogP contribution in [-0.4, -0.2) is 11.8 Å². The molecule has 112 valence electrons. The summed E-state index contributed by atoms with van der Waals surface area (Å²) >= 11 is 0. The predicted octanol–water partition coefficient (Wildman–Crippen LogP) is 2.92. The van der Waals surface area contributed by atoms with Crippen LogP contribution in [0, 0.1) is 5.92 Å². The van der Waals surface area contributed by atoms with E-state index in [0.29, 0.717) is 17.2 Å². The first-order valence-electron chi connectivity index (χ1n) is 7.41. The van der Waals surface area contributed by atoms with Gasteiger partial charge in [0.25, 0.3) is 0 Å². The van der Waals surface area contributed by atoms with E-state index in [1.165, 1.54) is 0 Å². The largest absolute Gasteiger partial charge is 0.366 e. The third-order valence-corrected chi connectivity index (χ3v) is 3.97. The minimum atomic E-state index is -0.474. The first-order valence-corrected chi connectivity index (χ1v) is 7.41. The van der Waals surface area contributed by atoms with E-state index in [2.05, 4.69) is 5.32 Å². The van der Waals surface area contributed by atoms with Gasteiger partial charge in [-0.1, -0.05) is 30.3 Å². The van der Waals surface area contributed by atoms with E-state index in [1.807, 2.05) is 30.3 Å². The summed E-state index contributed by atoms with van der Waals surface area (Å²) in [5.74, 6) is -0.164. The van der Waals surface area contributed by atoms with Crippen molar-refractivity contribution in [2.24, 2.45) is 11.7 Å². The minimum Gasteiger partial charge on any atom is -0.366 e. The maximum absolute atomic E-state index is 12.6. The van der Waals surface area contributed by atoms with E-state index >= 15 is 0 Å². The van der Waals surface area contributed by atoms with E-state index in [9.17, 15) is 9.59 Å². The highest BCUT2D eigenvalue weighted by molar-refractivity contribution is 5.97. The van der Waals surface area contributed by atoms with Gasteiger partial charge < -0.3 is 11.1 Å². The van der Waals surface area contributed by atoms with Gasteiger partial charge in [-0.05, 0) is 48.6 Å². The van der Waals surface area contributed by atoms with Crippen LogP contribution in [0.2, 0.25) is 0 Å². The third kappa shape index (κ3) is 3.17. The summed E-state index contributed by atoms with van der Waals surface area (Å²) in [6.07, 6.45) is 2.18. The molecule has 0 aromatic heterocycles. The van der Waals surface area contributed by atoms with Gasteiger partial charge in [0.15, 0.2) is 0 Å². The van der Waals surface area contributed by atoms with Gasteiger partial charge in [-0.15, -0.1) is 0 Å². The number of primary amides is 1. The Hall–Kier alpha value is -2.62. The maximum Gasteiger partial charge on any atom is 0.248 e. The fourth-order valence-electron chi connectivity index (χ4n) is 2.67. The lowest BCUT2D eigenvalue weighted by atomic mass is 9.93. The van der Waals surface area contributed by atoms with Gasteiger partial charge in [0, 0.05) is 11.3 Å². The van der Waals surface area contributed by atoms with Crippen LogP contribution in [-0.2, 0) is 4.79 Å². The molecule has 1 atom stereocenters. The second-order valence-corrected chi connectivity index (χ2v) is 5.66. The SMILES string of the molecule is NC(=O)c1ccc(NC(=O)C(c2ccccc2)C2CC2)cc1. The van der Waals surface area contributed by atoms with E-state index in [-0.39, 0.29) is 11.8 Å². The molecule has 0 aliphatic heterocycles. The number of carbonyl (C=O) groups is 2. The van der Waals surface area contributed by atoms with Crippen molar-refractivity contribution in [3.05, 3.63) is 65.7 Å². The molecular formula is C18H18N2O2. The molecule has 1 fully saturated rings. The molecule has 4 heteroatoms. The van der Waals surface area contributed by atoms with Gasteiger partial charge in [0.05, 0.1) is 5.92 Å². The van der Waals surface area contributed by atoms with Crippen LogP contribution in [0.15, 0.2) is 54.6 Å². The molecule has 1 aliphatic rings. The molecule has 0 bridgehead atoms. The number of amides is 2. The first-order chi connectivity index (χ1) is 10.6. The van der Waals surface area contributed by atoms with Crippen molar-refractivity contribution in [2.75, 3.05) is 5.32 Å². The van der Waals surface area contributed by atoms with Gasteiger partial charge in [-0.3, -0.25) is 9.59 Å². The summed E-state index contributed by atoms with van der Waals surface area (Å²) in [4.78, 5) is 23.7. The van der Waals surface area contributed by atoms with E-state index in [4.69, 9.17) is 5.73 Å². The van der Waals surface area contributed by atoms with Crippen LogP contribution in [0.5, 0.6) is 0 Å². The monoisotopic (exact) mass is 294 g/mol. The van der Waals surface area contributed by atoms with Crippen LogP contribution in [0.1, 0.15) is 34.7 Å². The number of hydrogen-bond donors (Lipinski definition) is 2. The van der Waals surface area contributed by atoms with Gasteiger partial charge >= 0.3 is 0 Å². The lowest BCUT2D eigenvalue weighted by Crippen LogP contribution is -2.22. The number of benzene rings is 2. The van der Waals surface area contributed by atoms with Gasteiger partial charge in [-0.25, -0.2) is 0 Å². The Labute approximate surface area is 129 Å². The average Bonchev–Trinajstić information content (AvgIpc) is 3.34. The zero-order valence-electron chi connectivity index (χ0n) is 12.2. The zero-order chi connectivity index (χ0) is 15.5. The molecule has 2 amide bonds. The average molecular weight is 294 g/mol. The molecule has 22 heavy (non-hydrogen) atoms. The van der Waals surface area contributed by atoms with Crippen LogP contribution in [0.25, 0.3) is 0 Å². The number of hydrogen-bond acceptors (Lipinski definition) is 2. The lowest BCUT2D eigenvalue weighted by molar-refractivity contribution is -0.118. The van der Waals surface area contributed by atoms with E-state index in [1.54, 1.807) is 24.3 Å². The molecule has 0 spiro atoms. The summed E-state index contributed by atoms with van der Waals surface area (Å²) in [5, 5.41) is 2.94. The first kappa shape index (κ1) is 14.3. The summed E-state index contributed by atoms with van der Waals surface area (Å²) < 4.78 is 0. The molecule has 0 radical (unpaired) electrons. The van der Waals surface area contributed by atoms with Crippen molar-refractivity contribution in [3.63, 3.8) is 0 Å². The number of nitrogens with two attached hydrogens (primary N) is 1. The fourth-order valence-corrected chi connectivity index (χ4v) is 2.67. The van der Waals surface area contributed by atoms with Crippen molar-refractivity contribution in [1.82, 2.24) is 0 Å². The fraction of sp³-hybridized carbons (Fsp3) is 0.222. The molecule has 1 aliphatic carbocycles. The summed E-state index contributed by atoms with van der Waals surface area (Å²) in [6, 6.07) is 16.5. The van der Waals surface area contributed by atoms with Crippen molar-refractivity contribution < 1.29 is 9.59 Å². The molecule has 1 saturated carbocycles. The molecule has 2 aromatic carbocycles. The molecule has 4 nitrogen and oxygen atoms in total. The van der Waals surface area contributed by atoms with Crippen LogP contribution in [0.4, 0.5) is 5.69 Å². The molecule has 2 aromatic rings. The number of carbonyl (C=O) groups excluding carboxylic acids is 2. The van der Waals surface area contributed by atoms with Gasteiger partial charge in [0.2, 0.25) is 11.8 Å². The highest BCUT2D eigenvalue weighted by Crippen LogP contribution is 2.43. The Morgan fingerprint density at radius 2 is 1.64 bits per heavy atom. The van der Waals surface area contributed by atoms with E-state index in [0.717, 1.165) is 18.4 Å². The number of nitrogens with one attached hydrogen (secondary N) is 1. The Balaban J connectivity index is 1.75. The Bertz CT molecular complexity index is 676. The molecule has 3 N–H and O–H groups in total. The Morgan fingerprint density at radius 3 is 2.18 bits per heavy atom. The highest BCUT2D eigenvalue weighted by atomic mass is 16.2.